The number of halogens is 4. The Kier molecular flexibility index (Phi) is 9.45. The molecule has 2 aromatic carbocycles. The van der Waals surface area contributed by atoms with Crippen molar-refractivity contribution in [1.29, 1.82) is 0 Å². The van der Waals surface area contributed by atoms with Crippen LogP contribution in [0.2, 0.25) is 0 Å². The van der Waals surface area contributed by atoms with Gasteiger partial charge in [0.15, 0.2) is 0 Å². The molecule has 2 N–H and O–H groups in total. The Balaban J connectivity index is 2.15. The molecule has 0 radical (unpaired) electrons. The number of rotatable bonds is 9. The number of hydrogen-bond donors (Lipinski definition) is 2. The Bertz CT molecular complexity index is 1080. The van der Waals surface area contributed by atoms with Crippen LogP contribution >= 0.6 is 11.8 Å². The van der Waals surface area contributed by atoms with Gasteiger partial charge in [-0.15, -0.1) is 0 Å². The number of carbonyl (C=O) groups is 2. The van der Waals surface area contributed by atoms with E-state index in [-0.39, 0.29) is 18.8 Å². The van der Waals surface area contributed by atoms with Crippen molar-refractivity contribution < 1.29 is 37.0 Å². The fourth-order valence-corrected chi connectivity index (χ4v) is 4.47. The standard InChI is InChI=1S/C26H31F4NO4S/c1-6-16(12-13-25(5,22(32)33)31-23(34)35-24(2,3)4)20-11-10-19(15-21(20)27)36-18-9-7-8-17(14-18)26(28,29)30/h7-11,14-16H,6,12-13H2,1-5H3,(H,31,34)(H,32,33). The molecular formula is C26H31F4NO4S. The van der Waals surface area contributed by atoms with Gasteiger partial charge in [0.1, 0.15) is 17.0 Å². The molecule has 2 atom stereocenters. The minimum atomic E-state index is -4.47. The number of carbonyl (C=O) groups excluding carboxylic acids is 1. The third kappa shape index (κ3) is 8.43. The van der Waals surface area contributed by atoms with Crippen molar-refractivity contribution in [3.05, 3.63) is 59.4 Å². The van der Waals surface area contributed by atoms with E-state index in [0.29, 0.717) is 21.8 Å². The number of amides is 1. The first-order valence-electron chi connectivity index (χ1n) is 11.4. The summed E-state index contributed by atoms with van der Waals surface area (Å²) in [5.41, 5.74) is -2.83. The second-order valence-corrected chi connectivity index (χ2v) is 10.9. The second-order valence-electron chi connectivity index (χ2n) is 9.72. The molecule has 5 nitrogen and oxygen atoms in total. The van der Waals surface area contributed by atoms with Gasteiger partial charge in [0, 0.05) is 9.79 Å². The van der Waals surface area contributed by atoms with Gasteiger partial charge in [0.25, 0.3) is 0 Å². The molecule has 1 amide bonds. The number of alkyl carbamates (subject to hydrolysis) is 1. The lowest BCUT2D eigenvalue weighted by Gasteiger charge is -2.30. The van der Waals surface area contributed by atoms with Gasteiger partial charge in [-0.2, -0.15) is 13.2 Å². The molecule has 0 fully saturated rings. The molecule has 0 saturated carbocycles. The number of nitrogens with one attached hydrogen (secondary N) is 1. The van der Waals surface area contributed by atoms with Crippen LogP contribution in [0.4, 0.5) is 22.4 Å². The lowest BCUT2D eigenvalue weighted by molar-refractivity contribution is -0.144. The van der Waals surface area contributed by atoms with E-state index >= 15 is 4.39 Å². The van der Waals surface area contributed by atoms with Crippen LogP contribution in [0.3, 0.4) is 0 Å². The van der Waals surface area contributed by atoms with Crippen LogP contribution in [0.25, 0.3) is 0 Å². The summed E-state index contributed by atoms with van der Waals surface area (Å²) in [4.78, 5) is 24.8. The number of carboxylic acids is 1. The maximum absolute atomic E-state index is 15.0. The van der Waals surface area contributed by atoms with Crippen molar-refractivity contribution in [1.82, 2.24) is 5.32 Å². The maximum Gasteiger partial charge on any atom is 0.416 e. The highest BCUT2D eigenvalue weighted by molar-refractivity contribution is 7.99. The number of carboxylic acid groups (broad SMARTS) is 1. The van der Waals surface area contributed by atoms with Crippen molar-refractivity contribution in [3.8, 4) is 0 Å². The van der Waals surface area contributed by atoms with Gasteiger partial charge >= 0.3 is 18.2 Å². The average Bonchev–Trinajstić information content (AvgIpc) is 2.73. The van der Waals surface area contributed by atoms with Gasteiger partial charge in [-0.3, -0.25) is 0 Å². The van der Waals surface area contributed by atoms with E-state index in [2.05, 4.69) is 5.32 Å². The average molecular weight is 530 g/mol. The molecule has 0 aliphatic heterocycles. The van der Waals surface area contributed by atoms with Crippen molar-refractivity contribution in [2.24, 2.45) is 0 Å². The molecule has 0 aromatic heterocycles. The first-order valence-corrected chi connectivity index (χ1v) is 12.2. The van der Waals surface area contributed by atoms with Crippen LogP contribution in [-0.4, -0.2) is 28.3 Å². The Morgan fingerprint density at radius 1 is 1.06 bits per heavy atom. The summed E-state index contributed by atoms with van der Waals surface area (Å²) in [7, 11) is 0. The fraction of sp³-hybridized carbons (Fsp3) is 0.462. The summed E-state index contributed by atoms with van der Waals surface area (Å²) >= 11 is 1.01. The van der Waals surface area contributed by atoms with E-state index in [1.54, 1.807) is 32.9 Å². The Morgan fingerprint density at radius 3 is 2.22 bits per heavy atom. The quantitative estimate of drug-likeness (QED) is 0.327. The molecule has 10 heteroatoms. The van der Waals surface area contributed by atoms with E-state index in [1.165, 1.54) is 25.1 Å². The van der Waals surface area contributed by atoms with Crippen LogP contribution in [-0.2, 0) is 15.7 Å². The third-order valence-electron chi connectivity index (χ3n) is 5.54. The maximum atomic E-state index is 15.0. The largest absolute Gasteiger partial charge is 0.480 e. The van der Waals surface area contributed by atoms with E-state index in [0.717, 1.165) is 23.9 Å². The summed E-state index contributed by atoms with van der Waals surface area (Å²) in [5, 5.41) is 12.1. The van der Waals surface area contributed by atoms with Gasteiger partial charge in [0.2, 0.25) is 0 Å². The van der Waals surface area contributed by atoms with Crippen LogP contribution in [0.1, 0.15) is 70.9 Å². The van der Waals surface area contributed by atoms with Gasteiger partial charge in [0.05, 0.1) is 5.56 Å². The first-order chi connectivity index (χ1) is 16.5. The minimum absolute atomic E-state index is 0.0280. The van der Waals surface area contributed by atoms with Crippen LogP contribution in [0, 0.1) is 5.82 Å². The van der Waals surface area contributed by atoms with E-state index in [4.69, 9.17) is 4.74 Å². The summed E-state index contributed by atoms with van der Waals surface area (Å²) in [6.45, 7) is 8.20. The lowest BCUT2D eigenvalue weighted by atomic mass is 9.85. The number of alkyl halides is 3. The highest BCUT2D eigenvalue weighted by Crippen LogP contribution is 2.36. The van der Waals surface area contributed by atoms with Crippen LogP contribution in [0.5, 0.6) is 0 Å². The van der Waals surface area contributed by atoms with E-state index in [1.807, 2.05) is 6.92 Å². The van der Waals surface area contributed by atoms with E-state index < -0.39 is 40.8 Å². The molecular weight excluding hydrogens is 498 g/mol. The Labute approximate surface area is 212 Å². The molecule has 2 aromatic rings. The number of ether oxygens (including phenoxy) is 1. The predicted octanol–water partition coefficient (Wildman–Crippen LogP) is 7.64. The predicted molar refractivity (Wildman–Crippen MR) is 130 cm³/mol. The zero-order valence-corrected chi connectivity index (χ0v) is 21.6. The zero-order valence-electron chi connectivity index (χ0n) is 20.8. The zero-order chi connectivity index (χ0) is 27.3. The summed E-state index contributed by atoms with van der Waals surface area (Å²) in [5.74, 6) is -2.11. The van der Waals surface area contributed by atoms with Crippen molar-refractivity contribution in [3.63, 3.8) is 0 Å². The van der Waals surface area contributed by atoms with Gasteiger partial charge in [-0.1, -0.05) is 30.8 Å². The van der Waals surface area contributed by atoms with Gasteiger partial charge in [-0.25, -0.2) is 14.0 Å². The second kappa shape index (κ2) is 11.5. The number of hydrogen-bond acceptors (Lipinski definition) is 4. The molecule has 36 heavy (non-hydrogen) atoms. The highest BCUT2D eigenvalue weighted by atomic mass is 32.2. The molecule has 2 unspecified atom stereocenters. The number of aliphatic carboxylic acids is 1. The SMILES string of the molecule is CCC(CCC(C)(NC(=O)OC(C)(C)C)C(=O)O)c1ccc(Sc2cccc(C(F)(F)F)c2)cc1F. The molecule has 0 aliphatic rings. The monoisotopic (exact) mass is 529 g/mol. The number of benzene rings is 2. The van der Waals surface area contributed by atoms with E-state index in [9.17, 15) is 27.9 Å². The molecule has 198 valence electrons. The molecule has 0 saturated heterocycles. The lowest BCUT2D eigenvalue weighted by Crippen LogP contribution is -2.53. The summed E-state index contributed by atoms with van der Waals surface area (Å²) in [6, 6.07) is 9.26. The fourth-order valence-electron chi connectivity index (χ4n) is 3.57. The van der Waals surface area contributed by atoms with Crippen molar-refractivity contribution in [2.45, 2.75) is 86.9 Å². The Hall–Kier alpha value is -2.75. The van der Waals surface area contributed by atoms with Crippen LogP contribution in [0.15, 0.2) is 52.3 Å². The normalized spacial score (nSPS) is 14.6. The molecule has 2 rings (SSSR count). The third-order valence-corrected chi connectivity index (χ3v) is 6.52. The molecule has 0 spiro atoms. The highest BCUT2D eigenvalue weighted by Gasteiger charge is 2.37. The van der Waals surface area contributed by atoms with Crippen molar-refractivity contribution in [2.75, 3.05) is 0 Å². The topological polar surface area (TPSA) is 75.6 Å². The Morgan fingerprint density at radius 2 is 1.69 bits per heavy atom. The van der Waals surface area contributed by atoms with Crippen LogP contribution < -0.4 is 5.32 Å². The van der Waals surface area contributed by atoms with Gasteiger partial charge in [-0.05, 0) is 88.8 Å². The molecule has 0 aliphatic carbocycles. The minimum Gasteiger partial charge on any atom is -0.480 e. The molecule has 0 bridgehead atoms. The first kappa shape index (κ1) is 29.5. The smallest absolute Gasteiger partial charge is 0.416 e. The van der Waals surface area contributed by atoms with Crippen molar-refractivity contribution >= 4 is 23.8 Å². The van der Waals surface area contributed by atoms with Gasteiger partial charge < -0.3 is 15.2 Å². The summed E-state index contributed by atoms with van der Waals surface area (Å²) < 4.78 is 59.1. The summed E-state index contributed by atoms with van der Waals surface area (Å²) in [6.07, 6.45) is -4.52. The molecule has 0 heterocycles.